The minimum absolute atomic E-state index is 0.206. The monoisotopic (exact) mass is 224 g/mol. The van der Waals surface area contributed by atoms with Crippen LogP contribution in [0.15, 0.2) is 18.2 Å². The number of phenolic OH excluding ortho intramolecular Hbond substituents is 1. The van der Waals surface area contributed by atoms with E-state index in [0.29, 0.717) is 5.75 Å². The maximum Gasteiger partial charge on any atom is 0.160 e. The van der Waals surface area contributed by atoms with Gasteiger partial charge >= 0.3 is 0 Å². The van der Waals surface area contributed by atoms with E-state index in [0.717, 1.165) is 22.4 Å². The molecule has 84 valence electrons. The molecule has 0 aliphatic carbocycles. The van der Waals surface area contributed by atoms with Crippen molar-refractivity contribution in [3.8, 4) is 11.5 Å². The zero-order valence-corrected chi connectivity index (χ0v) is 11.0. The van der Waals surface area contributed by atoms with Crippen LogP contribution < -0.4 is 4.74 Å². The number of rotatable bonds is 3. The first kappa shape index (κ1) is 14.0. The summed E-state index contributed by atoms with van der Waals surface area (Å²) >= 11 is 0. The first-order valence-corrected chi connectivity index (χ1v) is 7.13. The van der Waals surface area contributed by atoms with Crippen LogP contribution in [0.2, 0.25) is 13.1 Å². The highest BCUT2D eigenvalue weighted by atomic mass is 28.2. The number of aryl methyl sites for hydroxylation is 1. The average molecular weight is 224 g/mol. The van der Waals surface area contributed by atoms with Crippen LogP contribution in [0.3, 0.4) is 0 Å². The molecule has 0 atom stereocenters. The van der Waals surface area contributed by atoms with Crippen LogP contribution in [0.4, 0.5) is 0 Å². The fourth-order valence-corrected chi connectivity index (χ4v) is 1.17. The Bertz CT molecular complexity index is 274. The van der Waals surface area contributed by atoms with Crippen molar-refractivity contribution >= 4 is 9.52 Å². The number of hydrogen-bond donors (Lipinski definition) is 1. The summed E-state index contributed by atoms with van der Waals surface area (Å²) in [5.41, 5.74) is 1.20. The number of phenols is 1. The molecule has 0 spiro atoms. The lowest BCUT2D eigenvalue weighted by molar-refractivity contribution is 0.373. The summed E-state index contributed by atoms with van der Waals surface area (Å²) in [6, 6.07) is 5.46. The normalized spacial score (nSPS) is 9.07. The lowest BCUT2D eigenvalue weighted by atomic mass is 10.1. The highest BCUT2D eigenvalue weighted by molar-refractivity contribution is 6.31. The van der Waals surface area contributed by atoms with Gasteiger partial charge in [0, 0.05) is 9.52 Å². The molecule has 0 aromatic heterocycles. The van der Waals surface area contributed by atoms with Crippen molar-refractivity contribution < 1.29 is 9.84 Å². The van der Waals surface area contributed by atoms with Gasteiger partial charge in [-0.3, -0.25) is 0 Å². The standard InChI is InChI=1S/C10H14O2.C2H6Si/c1-3-4-8-5-6-9(11)10(7-8)12-2;1-3-2/h5-7,11H,3-4H2,1-2H3;1-2H3. The summed E-state index contributed by atoms with van der Waals surface area (Å²) in [6.07, 6.45) is 2.13. The summed E-state index contributed by atoms with van der Waals surface area (Å²) in [7, 11) is 2.64. The molecular formula is C12H20O2Si. The fraction of sp³-hybridized carbons (Fsp3) is 0.500. The molecular weight excluding hydrogens is 204 g/mol. The molecule has 1 aromatic rings. The molecule has 2 nitrogen and oxygen atoms in total. The average Bonchev–Trinajstić information content (AvgIpc) is 2.22. The predicted octanol–water partition coefficient (Wildman–Crippen LogP) is 3.14. The first-order chi connectivity index (χ1) is 7.19. The van der Waals surface area contributed by atoms with Crippen LogP contribution in [0, 0.1) is 0 Å². The van der Waals surface area contributed by atoms with E-state index in [9.17, 15) is 5.11 Å². The Balaban J connectivity index is 0.000000583. The minimum Gasteiger partial charge on any atom is -0.504 e. The molecule has 0 heterocycles. The van der Waals surface area contributed by atoms with E-state index in [1.807, 2.05) is 12.1 Å². The van der Waals surface area contributed by atoms with E-state index in [1.165, 1.54) is 5.56 Å². The SMILES string of the molecule is CCCc1ccc(O)c(OC)c1.C[Si]C. The Kier molecular flexibility index (Phi) is 7.82. The van der Waals surface area contributed by atoms with Gasteiger partial charge in [-0.05, 0) is 24.1 Å². The molecule has 0 aliphatic heterocycles. The minimum atomic E-state index is 0.206. The van der Waals surface area contributed by atoms with Gasteiger partial charge in [-0.15, -0.1) is 0 Å². The molecule has 1 N–H and O–H groups in total. The third-order valence-corrected chi connectivity index (χ3v) is 1.78. The van der Waals surface area contributed by atoms with Crippen molar-refractivity contribution in [3.63, 3.8) is 0 Å². The van der Waals surface area contributed by atoms with Crippen molar-refractivity contribution in [2.45, 2.75) is 32.9 Å². The van der Waals surface area contributed by atoms with Crippen LogP contribution in [-0.4, -0.2) is 21.7 Å². The lowest BCUT2D eigenvalue weighted by Crippen LogP contribution is -1.87. The molecule has 0 saturated heterocycles. The lowest BCUT2D eigenvalue weighted by Gasteiger charge is -2.05. The summed E-state index contributed by atoms with van der Waals surface area (Å²) < 4.78 is 4.98. The van der Waals surface area contributed by atoms with Gasteiger partial charge in [0.05, 0.1) is 7.11 Å². The number of aromatic hydroxyl groups is 1. The Hall–Kier alpha value is -0.963. The highest BCUT2D eigenvalue weighted by Gasteiger charge is 2.00. The molecule has 0 aliphatic rings. The van der Waals surface area contributed by atoms with E-state index < -0.39 is 0 Å². The van der Waals surface area contributed by atoms with Crippen molar-refractivity contribution in [3.05, 3.63) is 23.8 Å². The summed E-state index contributed by atoms with van der Waals surface area (Å²) in [4.78, 5) is 0. The maximum atomic E-state index is 9.28. The van der Waals surface area contributed by atoms with Crippen LogP contribution in [0.5, 0.6) is 11.5 Å². The molecule has 0 unspecified atom stereocenters. The Morgan fingerprint density at radius 2 is 1.93 bits per heavy atom. The second-order valence-electron chi connectivity index (χ2n) is 3.26. The van der Waals surface area contributed by atoms with Crippen molar-refractivity contribution in [1.82, 2.24) is 0 Å². The van der Waals surface area contributed by atoms with Gasteiger partial charge in [0.1, 0.15) is 0 Å². The van der Waals surface area contributed by atoms with Gasteiger partial charge in [-0.25, -0.2) is 0 Å². The molecule has 1 aromatic carbocycles. The quantitative estimate of drug-likeness (QED) is 0.799. The van der Waals surface area contributed by atoms with E-state index in [4.69, 9.17) is 4.74 Å². The Labute approximate surface area is 95.1 Å². The van der Waals surface area contributed by atoms with E-state index >= 15 is 0 Å². The maximum absolute atomic E-state index is 9.28. The van der Waals surface area contributed by atoms with Gasteiger partial charge < -0.3 is 9.84 Å². The van der Waals surface area contributed by atoms with Crippen LogP contribution in [-0.2, 0) is 6.42 Å². The fourth-order valence-electron chi connectivity index (χ4n) is 1.17. The Morgan fingerprint density at radius 1 is 1.33 bits per heavy atom. The number of methoxy groups -OCH3 is 1. The molecule has 0 saturated carbocycles. The second-order valence-corrected chi connectivity index (χ2v) is 4.26. The summed E-state index contributed by atoms with van der Waals surface area (Å²) in [6.45, 7) is 6.43. The molecule has 0 amide bonds. The van der Waals surface area contributed by atoms with E-state index in [2.05, 4.69) is 20.0 Å². The van der Waals surface area contributed by atoms with Crippen molar-refractivity contribution in [2.24, 2.45) is 0 Å². The van der Waals surface area contributed by atoms with Gasteiger partial charge in [0.15, 0.2) is 11.5 Å². The van der Waals surface area contributed by atoms with Gasteiger partial charge in [0.2, 0.25) is 0 Å². The van der Waals surface area contributed by atoms with E-state index in [1.54, 1.807) is 13.2 Å². The zero-order chi connectivity index (χ0) is 11.7. The largest absolute Gasteiger partial charge is 0.504 e. The number of ether oxygens (including phenoxy) is 1. The topological polar surface area (TPSA) is 29.5 Å². The van der Waals surface area contributed by atoms with Gasteiger partial charge in [-0.1, -0.05) is 32.5 Å². The van der Waals surface area contributed by atoms with Gasteiger partial charge in [-0.2, -0.15) is 0 Å². The number of benzene rings is 1. The summed E-state index contributed by atoms with van der Waals surface area (Å²) in [5.74, 6) is 0.762. The third kappa shape index (κ3) is 5.47. The summed E-state index contributed by atoms with van der Waals surface area (Å²) in [5, 5.41) is 9.28. The van der Waals surface area contributed by atoms with Crippen LogP contribution in [0.25, 0.3) is 0 Å². The highest BCUT2D eigenvalue weighted by Crippen LogP contribution is 2.26. The zero-order valence-electron chi connectivity index (χ0n) is 10.0. The van der Waals surface area contributed by atoms with Gasteiger partial charge in [0.25, 0.3) is 0 Å². The second kappa shape index (κ2) is 8.35. The predicted molar refractivity (Wildman–Crippen MR) is 66.1 cm³/mol. The molecule has 0 bridgehead atoms. The van der Waals surface area contributed by atoms with Crippen LogP contribution >= 0.6 is 0 Å². The molecule has 3 heteroatoms. The van der Waals surface area contributed by atoms with Crippen LogP contribution in [0.1, 0.15) is 18.9 Å². The smallest absolute Gasteiger partial charge is 0.160 e. The number of hydrogen-bond acceptors (Lipinski definition) is 2. The van der Waals surface area contributed by atoms with Crippen molar-refractivity contribution in [2.75, 3.05) is 7.11 Å². The first-order valence-electron chi connectivity index (χ1n) is 5.13. The third-order valence-electron chi connectivity index (χ3n) is 1.78. The molecule has 1 rings (SSSR count). The molecule has 15 heavy (non-hydrogen) atoms. The Morgan fingerprint density at radius 3 is 2.40 bits per heavy atom. The molecule has 2 radical (unpaired) electrons. The van der Waals surface area contributed by atoms with Crippen molar-refractivity contribution in [1.29, 1.82) is 0 Å². The molecule has 0 fully saturated rings. The van der Waals surface area contributed by atoms with E-state index in [-0.39, 0.29) is 5.75 Å².